The molecule has 0 heterocycles. The van der Waals surface area contributed by atoms with Crippen LogP contribution < -0.4 is 10.5 Å². The van der Waals surface area contributed by atoms with E-state index < -0.39 is 12.8 Å². The molecule has 94 valence electrons. The lowest BCUT2D eigenvalue weighted by Crippen LogP contribution is -2.21. The van der Waals surface area contributed by atoms with Gasteiger partial charge in [-0.25, -0.2) is 0 Å². The summed E-state index contributed by atoms with van der Waals surface area (Å²) in [5, 5.41) is 0. The molecule has 0 spiro atoms. The average molecular weight is 310 g/mol. The van der Waals surface area contributed by atoms with Gasteiger partial charge >= 0.3 is 6.18 Å². The molecule has 0 atom stereocenters. The fourth-order valence-electron chi connectivity index (χ4n) is 1.52. The van der Waals surface area contributed by atoms with Crippen molar-refractivity contribution in [1.82, 2.24) is 0 Å². The summed E-state index contributed by atoms with van der Waals surface area (Å²) >= 11 is 3.24. The molecule has 6 heteroatoms. The second-order valence-corrected chi connectivity index (χ2v) is 5.15. The Morgan fingerprint density at radius 1 is 1.29 bits per heavy atom. The van der Waals surface area contributed by atoms with E-state index in [1.165, 1.54) is 6.07 Å². The lowest BCUT2D eigenvalue weighted by Gasteiger charge is -2.14. The first-order chi connectivity index (χ1) is 7.78. The Morgan fingerprint density at radius 2 is 1.94 bits per heavy atom. The molecule has 0 radical (unpaired) electrons. The fourth-order valence-corrected chi connectivity index (χ4v) is 1.99. The highest BCUT2D eigenvalue weighted by atomic mass is 79.9. The highest BCUT2D eigenvalue weighted by molar-refractivity contribution is 9.10. The van der Waals surface area contributed by atoms with Crippen LogP contribution in [0.15, 0.2) is 22.7 Å². The summed E-state index contributed by atoms with van der Waals surface area (Å²) in [4.78, 5) is 0. The molecule has 1 aliphatic carbocycles. The Balaban J connectivity index is 2.15. The predicted molar refractivity (Wildman–Crippen MR) is 60.8 cm³/mol. The Bertz CT molecular complexity index is 429. The summed E-state index contributed by atoms with van der Waals surface area (Å²) in [6.45, 7) is -1.29. The maximum Gasteiger partial charge on any atom is 0.422 e. The van der Waals surface area contributed by atoms with E-state index in [2.05, 4.69) is 15.9 Å². The molecule has 1 aromatic rings. The molecule has 1 saturated carbocycles. The van der Waals surface area contributed by atoms with Crippen molar-refractivity contribution in [3.8, 4) is 5.75 Å². The van der Waals surface area contributed by atoms with E-state index in [9.17, 15) is 13.2 Å². The first-order valence-corrected chi connectivity index (χ1v) is 5.87. The summed E-state index contributed by atoms with van der Waals surface area (Å²) < 4.78 is 41.5. The molecule has 0 aromatic heterocycles. The Morgan fingerprint density at radius 3 is 2.47 bits per heavy atom. The summed E-state index contributed by atoms with van der Waals surface area (Å²) in [5.41, 5.74) is 6.41. The van der Waals surface area contributed by atoms with Gasteiger partial charge in [-0.05, 0) is 36.6 Å². The van der Waals surface area contributed by atoms with Crippen LogP contribution in [0.2, 0.25) is 0 Å². The first-order valence-electron chi connectivity index (χ1n) is 5.08. The topological polar surface area (TPSA) is 35.2 Å². The molecule has 1 aromatic carbocycles. The van der Waals surface area contributed by atoms with Crippen molar-refractivity contribution in [1.29, 1.82) is 0 Å². The van der Waals surface area contributed by atoms with Gasteiger partial charge in [0.25, 0.3) is 0 Å². The van der Waals surface area contributed by atoms with E-state index in [1.807, 2.05) is 6.07 Å². The number of rotatable bonds is 3. The maximum atomic E-state index is 12.0. The van der Waals surface area contributed by atoms with Crippen molar-refractivity contribution in [3.05, 3.63) is 28.2 Å². The Kier molecular flexibility index (Phi) is 3.12. The molecule has 1 fully saturated rings. The molecule has 2 rings (SSSR count). The van der Waals surface area contributed by atoms with Crippen molar-refractivity contribution in [3.63, 3.8) is 0 Å². The van der Waals surface area contributed by atoms with Gasteiger partial charge in [0.1, 0.15) is 5.75 Å². The number of halogens is 4. The summed E-state index contributed by atoms with van der Waals surface area (Å²) in [5.74, 6) is 0.184. The number of hydrogen-bond acceptors (Lipinski definition) is 2. The van der Waals surface area contributed by atoms with Gasteiger partial charge in [-0.15, -0.1) is 0 Å². The second kappa shape index (κ2) is 4.17. The number of alkyl halides is 3. The monoisotopic (exact) mass is 309 g/mol. The largest absolute Gasteiger partial charge is 0.484 e. The van der Waals surface area contributed by atoms with Crippen molar-refractivity contribution in [2.24, 2.45) is 5.73 Å². The van der Waals surface area contributed by atoms with Crippen LogP contribution in [-0.4, -0.2) is 12.8 Å². The highest BCUT2D eigenvalue weighted by Gasteiger charge is 2.40. The molecule has 0 bridgehead atoms. The van der Waals surface area contributed by atoms with E-state index >= 15 is 0 Å². The molecular formula is C11H11BrF3NO. The third-order valence-corrected chi connectivity index (χ3v) is 3.10. The van der Waals surface area contributed by atoms with Crippen molar-refractivity contribution < 1.29 is 17.9 Å². The van der Waals surface area contributed by atoms with Crippen LogP contribution in [0.5, 0.6) is 5.75 Å². The van der Waals surface area contributed by atoms with Crippen molar-refractivity contribution >= 4 is 15.9 Å². The molecule has 2 nitrogen and oxygen atoms in total. The lowest BCUT2D eigenvalue weighted by molar-refractivity contribution is -0.153. The number of ether oxygens (including phenoxy) is 1. The van der Waals surface area contributed by atoms with Crippen LogP contribution in [0.3, 0.4) is 0 Å². The Labute approximate surface area is 105 Å². The quantitative estimate of drug-likeness (QED) is 0.929. The van der Waals surface area contributed by atoms with Crippen LogP contribution in [0.1, 0.15) is 18.4 Å². The number of benzene rings is 1. The SMILES string of the molecule is NC1(c2cc(Br)cc(OCC(F)(F)F)c2)CC1. The van der Waals surface area contributed by atoms with Crippen LogP contribution in [0, 0.1) is 0 Å². The summed E-state index contributed by atoms with van der Waals surface area (Å²) in [6.07, 6.45) is -2.63. The number of nitrogens with two attached hydrogens (primary N) is 1. The zero-order chi connectivity index (χ0) is 12.7. The molecule has 17 heavy (non-hydrogen) atoms. The molecule has 2 N–H and O–H groups in total. The zero-order valence-corrected chi connectivity index (χ0v) is 10.4. The molecule has 1 aliphatic rings. The third kappa shape index (κ3) is 3.35. The van der Waals surface area contributed by atoms with E-state index in [1.54, 1.807) is 6.07 Å². The molecule has 0 amide bonds. The van der Waals surface area contributed by atoms with Crippen LogP contribution in [0.25, 0.3) is 0 Å². The van der Waals surface area contributed by atoms with Gasteiger partial charge in [0.15, 0.2) is 6.61 Å². The van der Waals surface area contributed by atoms with E-state index in [0.717, 1.165) is 18.4 Å². The molecule has 0 aliphatic heterocycles. The average Bonchev–Trinajstić information content (AvgIpc) is 2.93. The van der Waals surface area contributed by atoms with Gasteiger partial charge in [-0.3, -0.25) is 0 Å². The smallest absolute Gasteiger partial charge is 0.422 e. The summed E-state index contributed by atoms with van der Waals surface area (Å²) in [7, 11) is 0. The van der Waals surface area contributed by atoms with Gasteiger partial charge in [0, 0.05) is 10.0 Å². The third-order valence-electron chi connectivity index (χ3n) is 2.64. The van der Waals surface area contributed by atoms with E-state index in [-0.39, 0.29) is 11.3 Å². The Hall–Kier alpha value is -0.750. The standard InChI is InChI=1S/C11H11BrF3NO/c12-8-3-7(10(16)1-2-10)4-9(5-8)17-6-11(13,14)15/h3-5H,1-2,6,16H2. The second-order valence-electron chi connectivity index (χ2n) is 4.24. The lowest BCUT2D eigenvalue weighted by atomic mass is 10.1. The van der Waals surface area contributed by atoms with Gasteiger partial charge in [0.2, 0.25) is 0 Å². The van der Waals surface area contributed by atoms with Gasteiger partial charge < -0.3 is 10.5 Å². The van der Waals surface area contributed by atoms with Gasteiger partial charge in [-0.1, -0.05) is 15.9 Å². The predicted octanol–water partition coefficient (Wildman–Crippen LogP) is 3.34. The minimum absolute atomic E-state index is 0.184. The number of hydrogen-bond donors (Lipinski definition) is 1. The maximum absolute atomic E-state index is 12.0. The minimum Gasteiger partial charge on any atom is -0.484 e. The van der Waals surface area contributed by atoms with E-state index in [4.69, 9.17) is 10.5 Å². The highest BCUT2D eigenvalue weighted by Crippen LogP contribution is 2.44. The van der Waals surface area contributed by atoms with Crippen LogP contribution >= 0.6 is 15.9 Å². The minimum atomic E-state index is -4.33. The summed E-state index contributed by atoms with van der Waals surface area (Å²) in [6, 6.07) is 4.89. The fraction of sp³-hybridized carbons (Fsp3) is 0.455. The van der Waals surface area contributed by atoms with Gasteiger partial charge in [0.05, 0.1) is 0 Å². The van der Waals surface area contributed by atoms with Crippen molar-refractivity contribution in [2.45, 2.75) is 24.6 Å². The molecule has 0 unspecified atom stereocenters. The van der Waals surface area contributed by atoms with E-state index in [0.29, 0.717) is 4.47 Å². The molecular weight excluding hydrogens is 299 g/mol. The van der Waals surface area contributed by atoms with Gasteiger partial charge in [-0.2, -0.15) is 13.2 Å². The van der Waals surface area contributed by atoms with Crippen LogP contribution in [0.4, 0.5) is 13.2 Å². The normalized spacial score (nSPS) is 17.9. The van der Waals surface area contributed by atoms with Crippen LogP contribution in [-0.2, 0) is 5.54 Å². The molecule has 0 saturated heterocycles. The van der Waals surface area contributed by atoms with Crippen molar-refractivity contribution in [2.75, 3.05) is 6.61 Å². The zero-order valence-electron chi connectivity index (χ0n) is 8.85. The first kappa shape index (κ1) is 12.7.